The zero-order valence-electron chi connectivity index (χ0n) is 7.27. The zero-order valence-corrected chi connectivity index (χ0v) is 7.27. The number of allylic oxidation sites excluding steroid dienone is 1. The first kappa shape index (κ1) is 6.89. The fourth-order valence-electron chi connectivity index (χ4n) is 1.85. The summed E-state index contributed by atoms with van der Waals surface area (Å²) in [6.07, 6.45) is 5.40. The molecule has 0 radical (unpaired) electrons. The number of rotatable bonds is 0. The van der Waals surface area contributed by atoms with Crippen molar-refractivity contribution in [2.45, 2.75) is 13.0 Å². The topological polar surface area (TPSA) is 17.8 Å². The summed E-state index contributed by atoms with van der Waals surface area (Å²) in [7, 11) is 0. The first-order chi connectivity index (χ1) is 6.45. The lowest BCUT2D eigenvalue weighted by Gasteiger charge is -2.08. The highest BCUT2D eigenvalue weighted by Gasteiger charge is 2.09. The van der Waals surface area contributed by atoms with Gasteiger partial charge in [0.05, 0.1) is 11.0 Å². The minimum absolute atomic E-state index is 1.06. The second kappa shape index (κ2) is 2.46. The fraction of sp³-hybridized carbons (Fsp3) is 0.182. The van der Waals surface area contributed by atoms with Crippen LogP contribution in [-0.2, 0) is 6.54 Å². The minimum Gasteiger partial charge on any atom is -0.324 e. The molecule has 0 aliphatic carbocycles. The molecule has 2 nitrogen and oxygen atoms in total. The molecule has 2 heterocycles. The number of hydrogen-bond acceptors (Lipinski definition) is 1. The van der Waals surface area contributed by atoms with Crippen LogP contribution < -0.4 is 0 Å². The third-order valence-corrected chi connectivity index (χ3v) is 2.47. The van der Waals surface area contributed by atoms with Crippen molar-refractivity contribution in [1.29, 1.82) is 0 Å². The van der Waals surface area contributed by atoms with E-state index < -0.39 is 0 Å². The summed E-state index contributed by atoms with van der Waals surface area (Å²) in [4.78, 5) is 4.53. The van der Waals surface area contributed by atoms with Crippen LogP contribution in [0.1, 0.15) is 12.2 Å². The lowest BCUT2D eigenvalue weighted by molar-refractivity contribution is 0.710. The Hall–Kier alpha value is -1.57. The molecular weight excluding hydrogens is 160 g/mol. The number of para-hydroxylation sites is 2. The molecule has 1 aromatic carbocycles. The molecule has 13 heavy (non-hydrogen) atoms. The Morgan fingerprint density at radius 3 is 3.15 bits per heavy atom. The normalized spacial score (nSPS) is 14.8. The fourth-order valence-corrected chi connectivity index (χ4v) is 1.85. The first-order valence-corrected chi connectivity index (χ1v) is 4.57. The van der Waals surface area contributed by atoms with Crippen LogP contribution in [0.2, 0.25) is 0 Å². The van der Waals surface area contributed by atoms with Gasteiger partial charge in [-0.15, -0.1) is 0 Å². The molecule has 1 aromatic heterocycles. The van der Waals surface area contributed by atoms with Crippen molar-refractivity contribution in [3.05, 3.63) is 36.2 Å². The van der Waals surface area contributed by atoms with Crippen LogP contribution in [0, 0.1) is 0 Å². The summed E-state index contributed by atoms with van der Waals surface area (Å²) < 4.78 is 2.27. The molecule has 0 N–H and O–H groups in total. The predicted molar refractivity (Wildman–Crippen MR) is 53.4 cm³/mol. The van der Waals surface area contributed by atoms with Crippen LogP contribution in [0.4, 0.5) is 0 Å². The van der Waals surface area contributed by atoms with Crippen molar-refractivity contribution in [2.24, 2.45) is 0 Å². The molecule has 3 rings (SSSR count). The van der Waals surface area contributed by atoms with Crippen molar-refractivity contribution < 1.29 is 0 Å². The number of benzene rings is 1. The average Bonchev–Trinajstić information content (AvgIpc) is 2.56. The summed E-state index contributed by atoms with van der Waals surface area (Å²) >= 11 is 0. The van der Waals surface area contributed by atoms with E-state index in [2.05, 4.69) is 39.9 Å². The van der Waals surface area contributed by atoms with Crippen molar-refractivity contribution >= 4 is 17.1 Å². The zero-order chi connectivity index (χ0) is 8.67. The summed E-state index contributed by atoms with van der Waals surface area (Å²) in [5.41, 5.74) is 2.35. The molecule has 2 aromatic rings. The average molecular weight is 170 g/mol. The molecule has 0 amide bonds. The molecule has 0 unspecified atom stereocenters. The summed E-state index contributed by atoms with van der Waals surface area (Å²) in [6.45, 7) is 1.06. The van der Waals surface area contributed by atoms with Crippen LogP contribution in [-0.4, -0.2) is 9.55 Å². The van der Waals surface area contributed by atoms with Crippen molar-refractivity contribution in [1.82, 2.24) is 9.55 Å². The number of imidazole rings is 1. The molecule has 0 spiro atoms. The lowest BCUT2D eigenvalue weighted by atomic mass is 10.3. The number of aromatic nitrogens is 2. The maximum Gasteiger partial charge on any atom is 0.133 e. The van der Waals surface area contributed by atoms with Gasteiger partial charge in [0, 0.05) is 6.54 Å². The maximum absolute atomic E-state index is 4.53. The Kier molecular flexibility index (Phi) is 1.30. The van der Waals surface area contributed by atoms with Crippen molar-refractivity contribution in [3.63, 3.8) is 0 Å². The Labute approximate surface area is 76.5 Å². The SMILES string of the molecule is C1=Cc2nc3ccccc3n2CC1. The lowest BCUT2D eigenvalue weighted by Crippen LogP contribution is -2.02. The monoisotopic (exact) mass is 170 g/mol. The molecule has 1 aliphatic heterocycles. The third kappa shape index (κ3) is 0.917. The quantitative estimate of drug-likeness (QED) is 0.593. The second-order valence-electron chi connectivity index (χ2n) is 3.30. The second-order valence-corrected chi connectivity index (χ2v) is 3.30. The van der Waals surface area contributed by atoms with Crippen LogP contribution in [0.5, 0.6) is 0 Å². The molecule has 0 saturated carbocycles. The minimum atomic E-state index is 1.06. The molecule has 0 bridgehead atoms. The molecule has 1 aliphatic rings. The van der Waals surface area contributed by atoms with E-state index in [1.165, 1.54) is 5.52 Å². The standard InChI is InChI=1S/C11H10N2/c1-2-6-10-9(5-1)12-11-7-3-4-8-13(10)11/h1-3,5-7H,4,8H2. The number of hydrogen-bond donors (Lipinski definition) is 0. The highest BCUT2D eigenvalue weighted by Crippen LogP contribution is 2.20. The first-order valence-electron chi connectivity index (χ1n) is 4.57. The van der Waals surface area contributed by atoms with Gasteiger partial charge in [0.2, 0.25) is 0 Å². The van der Waals surface area contributed by atoms with E-state index in [9.17, 15) is 0 Å². The smallest absolute Gasteiger partial charge is 0.133 e. The van der Waals surface area contributed by atoms with Crippen LogP contribution in [0.3, 0.4) is 0 Å². The van der Waals surface area contributed by atoms with E-state index >= 15 is 0 Å². The maximum atomic E-state index is 4.53. The van der Waals surface area contributed by atoms with Crippen molar-refractivity contribution in [2.75, 3.05) is 0 Å². The molecule has 64 valence electrons. The molecule has 0 fully saturated rings. The summed E-state index contributed by atoms with van der Waals surface area (Å²) in [6, 6.07) is 8.29. The van der Waals surface area contributed by atoms with Gasteiger partial charge in [-0.2, -0.15) is 0 Å². The molecular formula is C11H10N2. The Bertz CT molecular complexity index is 480. The third-order valence-electron chi connectivity index (χ3n) is 2.47. The number of fused-ring (bicyclic) bond motifs is 3. The Morgan fingerprint density at radius 2 is 2.15 bits per heavy atom. The van der Waals surface area contributed by atoms with Gasteiger partial charge in [-0.05, 0) is 24.6 Å². The number of nitrogens with zero attached hydrogens (tertiary/aromatic N) is 2. The van der Waals surface area contributed by atoms with Crippen molar-refractivity contribution in [3.8, 4) is 0 Å². The Balaban J connectivity index is 2.41. The molecule has 0 atom stereocenters. The van der Waals surface area contributed by atoms with Gasteiger partial charge in [-0.25, -0.2) is 4.98 Å². The Morgan fingerprint density at radius 1 is 1.23 bits per heavy atom. The largest absolute Gasteiger partial charge is 0.324 e. The predicted octanol–water partition coefficient (Wildman–Crippen LogP) is 2.45. The highest BCUT2D eigenvalue weighted by molar-refractivity contribution is 5.78. The molecule has 2 heteroatoms. The van der Waals surface area contributed by atoms with E-state index in [4.69, 9.17) is 0 Å². The van der Waals surface area contributed by atoms with Gasteiger partial charge in [-0.3, -0.25) is 0 Å². The van der Waals surface area contributed by atoms with Crippen LogP contribution >= 0.6 is 0 Å². The summed E-state index contributed by atoms with van der Waals surface area (Å²) in [5, 5.41) is 0. The summed E-state index contributed by atoms with van der Waals surface area (Å²) in [5.74, 6) is 1.09. The van der Waals surface area contributed by atoms with Gasteiger partial charge >= 0.3 is 0 Å². The van der Waals surface area contributed by atoms with E-state index in [1.807, 2.05) is 6.07 Å². The van der Waals surface area contributed by atoms with Gasteiger partial charge < -0.3 is 4.57 Å². The van der Waals surface area contributed by atoms with E-state index in [0.29, 0.717) is 0 Å². The van der Waals surface area contributed by atoms with Gasteiger partial charge in [0.15, 0.2) is 0 Å². The van der Waals surface area contributed by atoms with Gasteiger partial charge in [0.25, 0.3) is 0 Å². The van der Waals surface area contributed by atoms with E-state index in [0.717, 1.165) is 24.3 Å². The van der Waals surface area contributed by atoms with Crippen LogP contribution in [0.15, 0.2) is 30.3 Å². The van der Waals surface area contributed by atoms with Gasteiger partial charge in [-0.1, -0.05) is 18.2 Å². The van der Waals surface area contributed by atoms with Crippen LogP contribution in [0.25, 0.3) is 17.1 Å². The van der Waals surface area contributed by atoms with E-state index in [1.54, 1.807) is 0 Å². The van der Waals surface area contributed by atoms with Gasteiger partial charge in [0.1, 0.15) is 5.82 Å². The highest BCUT2D eigenvalue weighted by atomic mass is 15.1. The molecule has 0 saturated heterocycles. The number of aryl methyl sites for hydroxylation is 1. The van der Waals surface area contributed by atoms with E-state index in [-0.39, 0.29) is 0 Å².